The van der Waals surface area contributed by atoms with Crippen LogP contribution in [0.1, 0.15) is 16.8 Å². The Labute approximate surface area is 85.8 Å². The lowest BCUT2D eigenvalue weighted by Crippen LogP contribution is -2.10. The minimum absolute atomic E-state index is 0.0243. The third-order valence-electron chi connectivity index (χ3n) is 1.90. The smallest absolute Gasteiger partial charge is 0.176 e. The Kier molecular flexibility index (Phi) is 3.74. The fraction of sp³-hybridized carbons (Fsp3) is 0.300. The number of nitrogens with two attached hydrogens (primary N) is 1. The van der Waals surface area contributed by atoms with Gasteiger partial charge < -0.3 is 10.5 Å². The van der Waals surface area contributed by atoms with E-state index in [9.17, 15) is 13.6 Å². The maximum Gasteiger partial charge on any atom is 0.176 e. The molecule has 0 aliphatic carbocycles. The lowest BCUT2D eigenvalue weighted by molar-refractivity contribution is 0.0980. The highest BCUT2D eigenvalue weighted by atomic mass is 19.1. The molecule has 0 aromatic heterocycles. The number of methoxy groups -OCH3 is 1. The van der Waals surface area contributed by atoms with Crippen LogP contribution in [-0.2, 0) is 0 Å². The number of halogens is 2. The van der Waals surface area contributed by atoms with Crippen molar-refractivity contribution in [2.75, 3.05) is 13.7 Å². The van der Waals surface area contributed by atoms with E-state index in [2.05, 4.69) is 4.74 Å². The first-order valence-electron chi connectivity index (χ1n) is 4.36. The number of carbonyl (C=O) groups is 1. The van der Waals surface area contributed by atoms with E-state index in [1.807, 2.05) is 0 Å². The van der Waals surface area contributed by atoms with Gasteiger partial charge in [0.05, 0.1) is 12.7 Å². The monoisotopic (exact) mass is 215 g/mol. The van der Waals surface area contributed by atoms with E-state index in [0.29, 0.717) is 0 Å². The van der Waals surface area contributed by atoms with Crippen LogP contribution in [0.2, 0.25) is 0 Å². The van der Waals surface area contributed by atoms with Crippen molar-refractivity contribution in [1.82, 2.24) is 0 Å². The Morgan fingerprint density at radius 3 is 2.67 bits per heavy atom. The molecule has 0 aliphatic heterocycles. The van der Waals surface area contributed by atoms with Crippen LogP contribution in [-0.4, -0.2) is 19.4 Å². The molecule has 0 bridgehead atoms. The number of ketones is 1. The van der Waals surface area contributed by atoms with E-state index in [1.54, 1.807) is 0 Å². The van der Waals surface area contributed by atoms with E-state index in [-0.39, 0.29) is 24.3 Å². The number of ether oxygens (including phenoxy) is 1. The minimum atomic E-state index is -0.850. The molecule has 0 saturated carbocycles. The maximum absolute atomic E-state index is 13.5. The normalized spacial score (nSPS) is 10.1. The maximum atomic E-state index is 13.5. The van der Waals surface area contributed by atoms with Crippen molar-refractivity contribution in [3.05, 3.63) is 29.3 Å². The van der Waals surface area contributed by atoms with Gasteiger partial charge >= 0.3 is 0 Å². The summed E-state index contributed by atoms with van der Waals surface area (Å²) in [7, 11) is 1.20. The van der Waals surface area contributed by atoms with Gasteiger partial charge in [0.25, 0.3) is 0 Å². The van der Waals surface area contributed by atoms with Gasteiger partial charge in [-0.3, -0.25) is 4.79 Å². The lowest BCUT2D eigenvalue weighted by atomic mass is 10.1. The summed E-state index contributed by atoms with van der Waals surface area (Å²) in [6.45, 7) is 0.0943. The molecule has 0 fully saturated rings. The Balaban J connectivity index is 3.17. The molecule has 0 atom stereocenters. The van der Waals surface area contributed by atoms with Crippen molar-refractivity contribution in [3.63, 3.8) is 0 Å². The number of Topliss-reactive ketones (excluding diaryl/α,β-unsaturated/α-hetero) is 1. The highest BCUT2D eigenvalue weighted by Crippen LogP contribution is 2.23. The molecule has 15 heavy (non-hydrogen) atoms. The molecule has 1 aromatic rings. The molecule has 0 radical (unpaired) electrons. The fourth-order valence-electron chi connectivity index (χ4n) is 1.18. The molecule has 0 unspecified atom stereocenters. The number of hydrogen-bond acceptors (Lipinski definition) is 3. The largest absolute Gasteiger partial charge is 0.494 e. The molecule has 0 amide bonds. The zero-order chi connectivity index (χ0) is 11.4. The first kappa shape index (κ1) is 11.6. The number of hydrogen-bond donors (Lipinski definition) is 1. The molecular formula is C10H11F2NO2. The molecule has 5 heteroatoms. The molecule has 3 nitrogen and oxygen atoms in total. The summed E-state index contributed by atoms with van der Waals surface area (Å²) in [5.41, 5.74) is 4.84. The van der Waals surface area contributed by atoms with Crippen molar-refractivity contribution < 1.29 is 18.3 Å². The van der Waals surface area contributed by atoms with Crippen LogP contribution in [0.15, 0.2) is 12.1 Å². The first-order chi connectivity index (χ1) is 7.10. The molecular weight excluding hydrogens is 204 g/mol. The minimum Gasteiger partial charge on any atom is -0.494 e. The highest BCUT2D eigenvalue weighted by Gasteiger charge is 2.17. The summed E-state index contributed by atoms with van der Waals surface area (Å²) in [5.74, 6) is -2.38. The van der Waals surface area contributed by atoms with Crippen molar-refractivity contribution in [2.24, 2.45) is 5.73 Å². The molecule has 0 heterocycles. The quantitative estimate of drug-likeness (QED) is 0.774. The highest BCUT2D eigenvalue weighted by molar-refractivity contribution is 5.96. The number of rotatable bonds is 4. The van der Waals surface area contributed by atoms with E-state index in [4.69, 9.17) is 5.73 Å². The average Bonchev–Trinajstić information content (AvgIpc) is 2.21. The van der Waals surface area contributed by atoms with Crippen molar-refractivity contribution in [1.29, 1.82) is 0 Å². The SMILES string of the molecule is COc1cc(F)cc(C(=O)CCN)c1F. The summed E-state index contributed by atoms with van der Waals surface area (Å²) < 4.78 is 31.0. The number of benzene rings is 1. The zero-order valence-electron chi connectivity index (χ0n) is 8.22. The van der Waals surface area contributed by atoms with Crippen LogP contribution in [0.3, 0.4) is 0 Å². The Morgan fingerprint density at radius 2 is 2.13 bits per heavy atom. The Bertz CT molecular complexity index is 380. The van der Waals surface area contributed by atoms with Gasteiger partial charge in [-0.15, -0.1) is 0 Å². The Hall–Kier alpha value is -1.49. The molecule has 2 N–H and O–H groups in total. The molecule has 0 spiro atoms. The van der Waals surface area contributed by atoms with Gasteiger partial charge in [0.2, 0.25) is 0 Å². The molecule has 0 aliphatic rings. The van der Waals surface area contributed by atoms with Gasteiger partial charge in [0.1, 0.15) is 5.82 Å². The van der Waals surface area contributed by atoms with Crippen LogP contribution in [0.5, 0.6) is 5.75 Å². The third kappa shape index (κ3) is 2.50. The summed E-state index contributed by atoms with van der Waals surface area (Å²) in [4.78, 5) is 11.3. The van der Waals surface area contributed by atoms with E-state index in [1.165, 1.54) is 7.11 Å². The molecule has 1 aromatic carbocycles. The summed E-state index contributed by atoms with van der Waals surface area (Å²) in [6, 6.07) is 1.73. The lowest BCUT2D eigenvalue weighted by Gasteiger charge is -2.06. The second-order valence-corrected chi connectivity index (χ2v) is 2.93. The van der Waals surface area contributed by atoms with Crippen LogP contribution >= 0.6 is 0 Å². The van der Waals surface area contributed by atoms with Crippen LogP contribution < -0.4 is 10.5 Å². The van der Waals surface area contributed by atoms with Crippen LogP contribution in [0.4, 0.5) is 8.78 Å². The Morgan fingerprint density at radius 1 is 1.47 bits per heavy atom. The van der Waals surface area contributed by atoms with Gasteiger partial charge in [-0.05, 0) is 12.6 Å². The van der Waals surface area contributed by atoms with Gasteiger partial charge in [0, 0.05) is 12.5 Å². The van der Waals surface area contributed by atoms with Gasteiger partial charge in [0.15, 0.2) is 17.3 Å². The second kappa shape index (κ2) is 4.84. The van der Waals surface area contributed by atoms with Crippen molar-refractivity contribution >= 4 is 5.78 Å². The number of carbonyl (C=O) groups excluding carboxylic acids is 1. The first-order valence-corrected chi connectivity index (χ1v) is 4.36. The van der Waals surface area contributed by atoms with Crippen molar-refractivity contribution in [2.45, 2.75) is 6.42 Å². The van der Waals surface area contributed by atoms with Crippen LogP contribution in [0.25, 0.3) is 0 Å². The second-order valence-electron chi connectivity index (χ2n) is 2.93. The fourth-order valence-corrected chi connectivity index (χ4v) is 1.18. The average molecular weight is 215 g/mol. The van der Waals surface area contributed by atoms with Crippen molar-refractivity contribution in [3.8, 4) is 5.75 Å². The van der Waals surface area contributed by atoms with Gasteiger partial charge in [-0.25, -0.2) is 8.78 Å². The van der Waals surface area contributed by atoms with E-state index >= 15 is 0 Å². The van der Waals surface area contributed by atoms with Gasteiger partial charge in [-0.2, -0.15) is 0 Å². The van der Waals surface area contributed by atoms with E-state index < -0.39 is 17.4 Å². The third-order valence-corrected chi connectivity index (χ3v) is 1.90. The zero-order valence-corrected chi connectivity index (χ0v) is 8.22. The van der Waals surface area contributed by atoms with Gasteiger partial charge in [-0.1, -0.05) is 0 Å². The van der Waals surface area contributed by atoms with Crippen LogP contribution in [0, 0.1) is 11.6 Å². The summed E-state index contributed by atoms with van der Waals surface area (Å²) in [6.07, 6.45) is -0.0243. The van der Waals surface area contributed by atoms with E-state index in [0.717, 1.165) is 12.1 Å². The summed E-state index contributed by atoms with van der Waals surface area (Å²) >= 11 is 0. The molecule has 82 valence electrons. The predicted molar refractivity (Wildman–Crippen MR) is 50.9 cm³/mol. The standard InChI is InChI=1S/C10H11F2NO2/c1-15-9-5-6(11)4-7(10(9)12)8(14)2-3-13/h4-5H,2-3,13H2,1H3. The molecule has 1 rings (SSSR count). The molecule has 0 saturated heterocycles. The predicted octanol–water partition coefficient (Wildman–Crippen LogP) is 1.50. The topological polar surface area (TPSA) is 52.3 Å². The summed E-state index contributed by atoms with van der Waals surface area (Å²) in [5, 5.41) is 0.